The van der Waals surface area contributed by atoms with Gasteiger partial charge in [0.25, 0.3) is 0 Å². The van der Waals surface area contributed by atoms with E-state index in [1.807, 2.05) is 18.2 Å². The Balaban J connectivity index is 3.25. The Morgan fingerprint density at radius 2 is 1.36 bits per heavy atom. The van der Waals surface area contributed by atoms with Crippen LogP contribution in [0.4, 0.5) is 0 Å². The van der Waals surface area contributed by atoms with E-state index in [1.165, 1.54) is 5.30 Å². The summed E-state index contributed by atoms with van der Waals surface area (Å²) in [5.41, 5.74) is 0. The molecule has 0 radical (unpaired) electrons. The van der Waals surface area contributed by atoms with E-state index in [0.29, 0.717) is 0 Å². The van der Waals surface area contributed by atoms with Crippen LogP contribution in [-0.2, 0) is 0 Å². The minimum absolute atomic E-state index is 0.891. The van der Waals surface area contributed by atoms with Crippen LogP contribution in [0.15, 0.2) is 30.3 Å². The van der Waals surface area contributed by atoms with Gasteiger partial charge in [-0.05, 0) is 0 Å². The third kappa shape index (κ3) is 1.71. The fourth-order valence-electron chi connectivity index (χ4n) is 2.03. The molecule has 1 aromatic carbocycles. The fourth-order valence-corrected chi connectivity index (χ4v) is 5.40. The summed E-state index contributed by atoms with van der Waals surface area (Å²) in [6.07, 6.45) is 2.67. The van der Waals surface area contributed by atoms with Crippen molar-refractivity contribution in [3.05, 3.63) is 30.3 Å². The second-order valence-corrected chi connectivity index (χ2v) is 9.71. The molecule has 0 aromatic heterocycles. The van der Waals surface area contributed by atoms with E-state index in [9.17, 15) is 4.89 Å². The van der Waals surface area contributed by atoms with Gasteiger partial charge in [0.2, 0.25) is 0 Å². The molecule has 1 aromatic rings. The SMILES string of the molecule is CCP(O)(CC)(CC)c1ccccc1. The predicted molar refractivity (Wildman–Crippen MR) is 66.8 cm³/mol. The zero-order valence-electron chi connectivity index (χ0n) is 9.40. The van der Waals surface area contributed by atoms with Crippen LogP contribution in [0.25, 0.3) is 0 Å². The fraction of sp³-hybridized carbons (Fsp3) is 0.500. The molecule has 0 aliphatic carbocycles. The van der Waals surface area contributed by atoms with Gasteiger partial charge >= 0.3 is 86.6 Å². The molecule has 0 saturated heterocycles. The molecule has 0 aliphatic heterocycles. The summed E-state index contributed by atoms with van der Waals surface area (Å²) in [5, 5.41) is 1.17. The van der Waals surface area contributed by atoms with Gasteiger partial charge in [-0.25, -0.2) is 0 Å². The van der Waals surface area contributed by atoms with Crippen LogP contribution in [-0.4, -0.2) is 23.4 Å². The Labute approximate surface area is 87.2 Å². The molecule has 1 N–H and O–H groups in total. The average molecular weight is 212 g/mol. The van der Waals surface area contributed by atoms with Crippen molar-refractivity contribution < 1.29 is 4.89 Å². The van der Waals surface area contributed by atoms with Crippen molar-refractivity contribution in [3.8, 4) is 0 Å². The summed E-state index contributed by atoms with van der Waals surface area (Å²) in [6, 6.07) is 10.2. The van der Waals surface area contributed by atoms with E-state index in [0.717, 1.165) is 18.5 Å². The first-order chi connectivity index (χ1) is 6.59. The number of benzene rings is 1. The van der Waals surface area contributed by atoms with Gasteiger partial charge in [0.15, 0.2) is 0 Å². The van der Waals surface area contributed by atoms with Crippen molar-refractivity contribution in [1.29, 1.82) is 0 Å². The topological polar surface area (TPSA) is 20.2 Å². The molecule has 2 heteroatoms. The van der Waals surface area contributed by atoms with Crippen LogP contribution >= 0.6 is 6.83 Å². The van der Waals surface area contributed by atoms with Crippen LogP contribution in [0.2, 0.25) is 0 Å². The Bertz CT molecular complexity index is 279. The monoisotopic (exact) mass is 212 g/mol. The van der Waals surface area contributed by atoms with Gasteiger partial charge in [0.1, 0.15) is 0 Å². The summed E-state index contributed by atoms with van der Waals surface area (Å²) in [4.78, 5) is 11.0. The molecule has 0 unspecified atom stereocenters. The zero-order valence-corrected chi connectivity index (χ0v) is 10.3. The summed E-state index contributed by atoms with van der Waals surface area (Å²) < 4.78 is 0. The van der Waals surface area contributed by atoms with Crippen LogP contribution in [0.3, 0.4) is 0 Å². The van der Waals surface area contributed by atoms with Crippen molar-refractivity contribution in [2.75, 3.05) is 18.5 Å². The molecule has 0 saturated carbocycles. The summed E-state index contributed by atoms with van der Waals surface area (Å²) in [6.45, 7) is 3.76. The Morgan fingerprint density at radius 1 is 0.929 bits per heavy atom. The second-order valence-electron chi connectivity index (χ2n) is 3.95. The second kappa shape index (κ2) is 4.00. The first kappa shape index (κ1) is 11.7. The van der Waals surface area contributed by atoms with Gasteiger partial charge < -0.3 is 0 Å². The van der Waals surface area contributed by atoms with E-state index < -0.39 is 6.83 Å². The van der Waals surface area contributed by atoms with E-state index in [4.69, 9.17) is 0 Å². The van der Waals surface area contributed by atoms with Crippen LogP contribution in [0.5, 0.6) is 0 Å². The van der Waals surface area contributed by atoms with Gasteiger partial charge in [-0.2, -0.15) is 0 Å². The predicted octanol–water partition coefficient (Wildman–Crippen LogP) is 2.83. The molecule has 0 atom stereocenters. The molecule has 0 fully saturated rings. The van der Waals surface area contributed by atoms with Crippen LogP contribution in [0, 0.1) is 0 Å². The molecule has 0 bridgehead atoms. The van der Waals surface area contributed by atoms with Gasteiger partial charge in [0.05, 0.1) is 0 Å². The van der Waals surface area contributed by atoms with Crippen LogP contribution in [0.1, 0.15) is 20.8 Å². The normalized spacial score (nSPS) is 14.7. The first-order valence-electron chi connectivity index (χ1n) is 5.40. The Hall–Kier alpha value is -0.390. The van der Waals surface area contributed by atoms with Crippen LogP contribution < -0.4 is 5.30 Å². The minimum atomic E-state index is -2.57. The quantitative estimate of drug-likeness (QED) is 0.761. The molecule has 1 rings (SSSR count). The van der Waals surface area contributed by atoms with Gasteiger partial charge in [-0.1, -0.05) is 0 Å². The third-order valence-corrected chi connectivity index (χ3v) is 9.76. The molecule has 0 heterocycles. The van der Waals surface area contributed by atoms with E-state index >= 15 is 0 Å². The molecule has 1 nitrogen and oxygen atoms in total. The maximum atomic E-state index is 11.0. The number of rotatable bonds is 4. The van der Waals surface area contributed by atoms with E-state index in [2.05, 4.69) is 32.9 Å². The molecular weight excluding hydrogens is 191 g/mol. The van der Waals surface area contributed by atoms with Crippen molar-refractivity contribution in [2.45, 2.75) is 20.8 Å². The molecule has 0 spiro atoms. The van der Waals surface area contributed by atoms with Crippen molar-refractivity contribution >= 4 is 12.1 Å². The maximum absolute atomic E-state index is 11.0. The molecule has 14 heavy (non-hydrogen) atoms. The van der Waals surface area contributed by atoms with E-state index in [1.54, 1.807) is 0 Å². The van der Waals surface area contributed by atoms with Gasteiger partial charge in [0, 0.05) is 0 Å². The summed E-state index contributed by atoms with van der Waals surface area (Å²) in [7, 11) is 0. The summed E-state index contributed by atoms with van der Waals surface area (Å²) >= 11 is 0. The Morgan fingerprint density at radius 3 is 1.71 bits per heavy atom. The van der Waals surface area contributed by atoms with Crippen molar-refractivity contribution in [2.24, 2.45) is 0 Å². The van der Waals surface area contributed by atoms with Gasteiger partial charge in [-0.15, -0.1) is 0 Å². The van der Waals surface area contributed by atoms with Crippen molar-refractivity contribution in [1.82, 2.24) is 0 Å². The summed E-state index contributed by atoms with van der Waals surface area (Å²) in [5.74, 6) is 0. The zero-order chi connectivity index (χ0) is 10.7. The number of hydrogen-bond donors (Lipinski definition) is 1. The molecular formula is C12H21OP. The first-order valence-corrected chi connectivity index (χ1v) is 8.15. The molecule has 0 amide bonds. The van der Waals surface area contributed by atoms with Crippen molar-refractivity contribution in [3.63, 3.8) is 0 Å². The molecule has 80 valence electrons. The number of hydrogen-bond acceptors (Lipinski definition) is 1. The average Bonchev–Trinajstić information content (AvgIpc) is 2.30. The standard InChI is InChI=1S/C12H21OP/c1-4-14(13,5-2,6-3)12-10-8-7-9-11-12/h7-11,13H,4-6H2,1-3H3. The Kier molecular flexibility index (Phi) is 3.34. The van der Waals surface area contributed by atoms with Gasteiger partial charge in [-0.3, -0.25) is 0 Å². The third-order valence-electron chi connectivity index (χ3n) is 3.66. The van der Waals surface area contributed by atoms with E-state index in [-0.39, 0.29) is 0 Å². The molecule has 0 aliphatic rings.